The summed E-state index contributed by atoms with van der Waals surface area (Å²) in [5.74, 6) is -1.44. The number of para-hydroxylation sites is 1. The third-order valence-electron chi connectivity index (χ3n) is 4.94. The maximum atomic E-state index is 14.3. The number of anilines is 1. The van der Waals surface area contributed by atoms with E-state index in [0.29, 0.717) is 6.54 Å². The highest BCUT2D eigenvalue weighted by Gasteiger charge is 2.42. The fourth-order valence-electron chi connectivity index (χ4n) is 3.60. The molecule has 1 aromatic carbocycles. The zero-order valence-electron chi connectivity index (χ0n) is 14.0. The molecule has 25 heavy (non-hydrogen) atoms. The fourth-order valence-corrected chi connectivity index (χ4v) is 3.90. The summed E-state index contributed by atoms with van der Waals surface area (Å²) in [6.07, 6.45) is 4.79. The molecule has 2 unspecified atom stereocenters. The first kappa shape index (κ1) is 19.0. The van der Waals surface area contributed by atoms with E-state index in [1.807, 2.05) is 0 Å². The summed E-state index contributed by atoms with van der Waals surface area (Å²) in [6.45, 7) is 2.70. The van der Waals surface area contributed by atoms with Crippen molar-refractivity contribution in [2.24, 2.45) is 0 Å². The van der Waals surface area contributed by atoms with E-state index in [4.69, 9.17) is 0 Å². The Morgan fingerprint density at radius 1 is 1.36 bits per heavy atom. The van der Waals surface area contributed by atoms with E-state index < -0.39 is 24.3 Å². The van der Waals surface area contributed by atoms with Crippen LogP contribution in [-0.4, -0.2) is 29.8 Å². The molecule has 8 heteroatoms. The average Bonchev–Trinajstić information content (AvgIpc) is 3.01. The summed E-state index contributed by atoms with van der Waals surface area (Å²) >= 11 is 1.76. The summed E-state index contributed by atoms with van der Waals surface area (Å²) in [5, 5.41) is 17.0. The molecule has 1 aliphatic carbocycles. The molecule has 0 saturated carbocycles. The van der Waals surface area contributed by atoms with Gasteiger partial charge >= 0.3 is 0 Å². The van der Waals surface area contributed by atoms with Gasteiger partial charge in [-0.3, -0.25) is 15.5 Å². The molecular weight excluding hydrogens is 441 g/mol. The third kappa shape index (κ3) is 3.82. The lowest BCUT2D eigenvalue weighted by Crippen LogP contribution is -2.59. The Hall–Kier alpha value is -0.810. The second-order valence-corrected chi connectivity index (χ2v) is 7.32. The highest BCUT2D eigenvalue weighted by molar-refractivity contribution is 14.1. The van der Waals surface area contributed by atoms with E-state index in [1.54, 1.807) is 22.9 Å². The second-order valence-electron chi connectivity index (χ2n) is 6.70. The normalized spacial score (nSPS) is 27.9. The van der Waals surface area contributed by atoms with Crippen LogP contribution in [0.15, 0.2) is 29.8 Å². The Morgan fingerprint density at radius 2 is 2.08 bits per heavy atom. The van der Waals surface area contributed by atoms with Gasteiger partial charge in [0.1, 0.15) is 23.6 Å². The summed E-state index contributed by atoms with van der Waals surface area (Å²) in [6, 6.07) is 3.68. The summed E-state index contributed by atoms with van der Waals surface area (Å²) in [5.41, 5.74) is 0.724. The van der Waals surface area contributed by atoms with Gasteiger partial charge in [-0.2, -0.15) is 0 Å². The average molecular weight is 464 g/mol. The van der Waals surface area contributed by atoms with Crippen LogP contribution in [0, 0.1) is 11.6 Å². The molecule has 1 aromatic rings. The quantitative estimate of drug-likeness (QED) is 0.234. The lowest BCUT2D eigenvalue weighted by atomic mass is 9.85. The van der Waals surface area contributed by atoms with Crippen LogP contribution in [0.2, 0.25) is 0 Å². The number of rotatable bonds is 5. The zero-order valence-corrected chi connectivity index (χ0v) is 16.2. The van der Waals surface area contributed by atoms with Gasteiger partial charge in [0, 0.05) is 29.4 Å². The number of hydrogen-bond acceptors (Lipinski definition) is 5. The molecule has 138 valence electrons. The Kier molecular flexibility index (Phi) is 5.94. The van der Waals surface area contributed by atoms with Crippen LogP contribution in [0.4, 0.5) is 14.5 Å². The maximum Gasteiger partial charge on any atom is 0.194 e. The molecule has 0 amide bonds. The predicted molar refractivity (Wildman–Crippen MR) is 102 cm³/mol. The molecule has 3 rings (SSSR count). The molecule has 1 saturated heterocycles. The minimum atomic E-state index is -1.26. The zero-order chi connectivity index (χ0) is 18.0. The number of hydrogen-bond donors (Lipinski definition) is 4. The van der Waals surface area contributed by atoms with E-state index in [9.17, 15) is 13.9 Å². The van der Waals surface area contributed by atoms with Crippen molar-refractivity contribution in [1.82, 2.24) is 14.2 Å². The van der Waals surface area contributed by atoms with Crippen LogP contribution in [0.5, 0.6) is 0 Å². The monoisotopic (exact) mass is 464 g/mol. The molecule has 3 atom stereocenters. The predicted octanol–water partition coefficient (Wildman–Crippen LogP) is 2.72. The molecule has 1 aliphatic heterocycles. The number of allylic oxidation sites excluding steroid dienone is 1. The Balaban J connectivity index is 1.90. The van der Waals surface area contributed by atoms with Crippen LogP contribution < -0.4 is 19.1 Å². The van der Waals surface area contributed by atoms with E-state index in [-0.39, 0.29) is 11.2 Å². The lowest BCUT2D eigenvalue weighted by molar-refractivity contribution is 0.145. The van der Waals surface area contributed by atoms with E-state index >= 15 is 0 Å². The first-order chi connectivity index (χ1) is 12.0. The number of halogens is 3. The largest absolute Gasteiger partial charge is 0.360 e. The van der Waals surface area contributed by atoms with Gasteiger partial charge in [-0.15, -0.1) is 0 Å². The van der Waals surface area contributed by atoms with E-state index in [2.05, 4.69) is 27.2 Å². The van der Waals surface area contributed by atoms with Crippen LogP contribution >= 0.6 is 22.9 Å². The van der Waals surface area contributed by atoms with Gasteiger partial charge in [0.2, 0.25) is 0 Å². The summed E-state index contributed by atoms with van der Waals surface area (Å²) < 4.78 is 31.2. The van der Waals surface area contributed by atoms with Gasteiger partial charge in [-0.1, -0.05) is 17.7 Å². The van der Waals surface area contributed by atoms with Gasteiger partial charge < -0.3 is 5.11 Å². The van der Waals surface area contributed by atoms with Crippen LogP contribution in [0.3, 0.4) is 0 Å². The number of benzene rings is 1. The topological polar surface area (TPSA) is 59.6 Å². The summed E-state index contributed by atoms with van der Waals surface area (Å²) in [4.78, 5) is 1.26. The van der Waals surface area contributed by atoms with Crippen LogP contribution in [0.25, 0.3) is 0 Å². The highest BCUT2D eigenvalue weighted by atomic mass is 127. The maximum absolute atomic E-state index is 14.3. The van der Waals surface area contributed by atoms with Crippen molar-refractivity contribution >= 4 is 28.6 Å². The van der Waals surface area contributed by atoms with Crippen molar-refractivity contribution in [2.75, 3.05) is 11.4 Å². The van der Waals surface area contributed by atoms with Crippen molar-refractivity contribution in [1.29, 1.82) is 0 Å². The van der Waals surface area contributed by atoms with Crippen molar-refractivity contribution in [3.05, 3.63) is 41.5 Å². The van der Waals surface area contributed by atoms with Gasteiger partial charge in [-0.05, 0) is 44.7 Å². The SMILES string of the molecule is CC1(C2=CCCCC2)CN[C@@H](N(c2c(F)cccc2F)C(O)NI)N1. The minimum Gasteiger partial charge on any atom is -0.360 e. The molecule has 2 aliphatic rings. The van der Waals surface area contributed by atoms with Crippen LogP contribution in [-0.2, 0) is 0 Å². The molecule has 0 spiro atoms. The minimum absolute atomic E-state index is 0.272. The second kappa shape index (κ2) is 7.83. The molecule has 5 nitrogen and oxygen atoms in total. The number of nitrogens with one attached hydrogen (secondary N) is 3. The molecule has 0 bridgehead atoms. The van der Waals surface area contributed by atoms with Crippen molar-refractivity contribution in [2.45, 2.75) is 50.8 Å². The van der Waals surface area contributed by atoms with E-state index in [1.165, 1.54) is 35.1 Å². The Morgan fingerprint density at radius 3 is 2.68 bits per heavy atom. The van der Waals surface area contributed by atoms with E-state index in [0.717, 1.165) is 19.3 Å². The fraction of sp³-hybridized carbons (Fsp3) is 0.529. The molecule has 0 radical (unpaired) electrons. The smallest absolute Gasteiger partial charge is 0.194 e. The molecule has 1 fully saturated rings. The lowest BCUT2D eigenvalue weighted by Gasteiger charge is -2.37. The van der Waals surface area contributed by atoms with Gasteiger partial charge in [-0.25, -0.2) is 12.3 Å². The number of aliphatic hydroxyl groups is 1. The number of aliphatic hydroxyl groups excluding tert-OH is 1. The Labute approximate surface area is 160 Å². The first-order valence-electron chi connectivity index (χ1n) is 8.43. The van der Waals surface area contributed by atoms with Gasteiger partial charge in [0.25, 0.3) is 0 Å². The highest BCUT2D eigenvalue weighted by Crippen LogP contribution is 2.32. The molecular formula is C17H23F2IN4O. The van der Waals surface area contributed by atoms with Gasteiger partial charge in [0.05, 0.1) is 5.54 Å². The molecule has 0 aromatic heterocycles. The van der Waals surface area contributed by atoms with Crippen molar-refractivity contribution in [3.8, 4) is 0 Å². The van der Waals surface area contributed by atoms with Crippen molar-refractivity contribution in [3.63, 3.8) is 0 Å². The standard InChI is InChI=1S/C17H23F2IN4O/c1-17(11-6-3-2-4-7-11)10-21-15(22-17)24(16(25)23-20)14-12(18)8-5-9-13(14)19/h5-6,8-9,15-16,21-23,25H,2-4,7,10H2,1H3/t15-,16?,17?/m1/s1. The number of nitrogens with zero attached hydrogens (tertiary/aromatic N) is 1. The van der Waals surface area contributed by atoms with Crippen molar-refractivity contribution < 1.29 is 13.9 Å². The van der Waals surface area contributed by atoms with Crippen LogP contribution in [0.1, 0.15) is 32.6 Å². The third-order valence-corrected chi connectivity index (χ3v) is 5.50. The molecule has 1 heterocycles. The molecule has 4 N–H and O–H groups in total. The Bertz CT molecular complexity index is 639. The van der Waals surface area contributed by atoms with Gasteiger partial charge in [0.15, 0.2) is 6.35 Å². The first-order valence-corrected chi connectivity index (χ1v) is 9.51. The summed E-state index contributed by atoms with van der Waals surface area (Å²) in [7, 11) is 0.